The Bertz CT molecular complexity index is 780. The van der Waals surface area contributed by atoms with Crippen LogP contribution in [0.1, 0.15) is 31.9 Å². The molecule has 0 aromatic heterocycles. The highest BCUT2D eigenvalue weighted by atomic mass is 35.5. The molecule has 0 aliphatic carbocycles. The Kier molecular flexibility index (Phi) is 4.71. The van der Waals surface area contributed by atoms with Crippen molar-refractivity contribution in [3.8, 4) is 5.75 Å². The summed E-state index contributed by atoms with van der Waals surface area (Å²) >= 11 is 5.78. The smallest absolute Gasteiger partial charge is 0.288 e. The van der Waals surface area contributed by atoms with Crippen molar-refractivity contribution >= 4 is 29.2 Å². The molecule has 0 unspecified atom stereocenters. The molecule has 2 rings (SSSR count). The van der Waals surface area contributed by atoms with Gasteiger partial charge < -0.3 is 5.11 Å². The number of rotatable bonds is 3. The second-order valence-corrected chi connectivity index (χ2v) is 6.59. The number of aromatic hydroxyl groups is 1. The maximum absolute atomic E-state index is 10.9. The van der Waals surface area contributed by atoms with Crippen LogP contribution in [-0.4, -0.2) is 16.2 Å². The molecule has 0 saturated heterocycles. The normalized spacial score (nSPS) is 11.8. The maximum atomic E-state index is 10.9. The van der Waals surface area contributed by atoms with Gasteiger partial charge in [0.25, 0.3) is 5.69 Å². The molecule has 5 nitrogen and oxygen atoms in total. The van der Waals surface area contributed by atoms with E-state index in [-0.39, 0.29) is 21.9 Å². The Morgan fingerprint density at radius 3 is 2.52 bits per heavy atom. The fraction of sp³-hybridized carbons (Fsp3) is 0.235. The molecule has 0 aliphatic rings. The molecule has 0 fully saturated rings. The van der Waals surface area contributed by atoms with Gasteiger partial charge >= 0.3 is 0 Å². The van der Waals surface area contributed by atoms with Crippen LogP contribution in [-0.2, 0) is 5.41 Å². The van der Waals surface area contributed by atoms with Crippen LogP contribution in [0.2, 0.25) is 5.02 Å². The monoisotopic (exact) mass is 332 g/mol. The summed E-state index contributed by atoms with van der Waals surface area (Å²) in [5.74, 6) is 0.0534. The predicted molar refractivity (Wildman–Crippen MR) is 92.2 cm³/mol. The van der Waals surface area contributed by atoms with Gasteiger partial charge in [-0.25, -0.2) is 0 Å². The molecule has 0 spiro atoms. The van der Waals surface area contributed by atoms with Gasteiger partial charge in [-0.15, -0.1) is 0 Å². The first-order valence-corrected chi connectivity index (χ1v) is 7.38. The number of nitrogens with zero attached hydrogens (tertiary/aromatic N) is 2. The van der Waals surface area contributed by atoms with Crippen LogP contribution < -0.4 is 0 Å². The summed E-state index contributed by atoms with van der Waals surface area (Å²) in [6.45, 7) is 6.19. The van der Waals surface area contributed by atoms with Gasteiger partial charge in [0.2, 0.25) is 0 Å². The lowest BCUT2D eigenvalue weighted by Crippen LogP contribution is -2.10. The fourth-order valence-corrected chi connectivity index (χ4v) is 2.17. The summed E-state index contributed by atoms with van der Waals surface area (Å²) in [5, 5.41) is 20.9. The molecule has 1 N–H and O–H groups in total. The molecule has 2 aromatic carbocycles. The average Bonchev–Trinajstić information content (AvgIpc) is 2.46. The van der Waals surface area contributed by atoms with Crippen molar-refractivity contribution in [2.75, 3.05) is 0 Å². The van der Waals surface area contributed by atoms with Crippen molar-refractivity contribution in [1.82, 2.24) is 0 Å². The number of hydrogen-bond donors (Lipinski definition) is 1. The lowest BCUT2D eigenvalue weighted by Gasteiger charge is -2.19. The molecule has 2 aromatic rings. The van der Waals surface area contributed by atoms with Gasteiger partial charge in [-0.2, -0.15) is 0 Å². The summed E-state index contributed by atoms with van der Waals surface area (Å²) in [4.78, 5) is 14.6. The van der Waals surface area contributed by atoms with Crippen LogP contribution >= 0.6 is 11.6 Å². The molecule has 0 bridgehead atoms. The summed E-state index contributed by atoms with van der Waals surface area (Å²) in [7, 11) is 0. The van der Waals surface area contributed by atoms with E-state index in [1.54, 1.807) is 18.2 Å². The lowest BCUT2D eigenvalue weighted by molar-refractivity contribution is -0.384. The maximum Gasteiger partial charge on any atom is 0.288 e. The molecule has 0 amide bonds. The molecule has 0 radical (unpaired) electrons. The van der Waals surface area contributed by atoms with E-state index in [4.69, 9.17) is 11.6 Å². The zero-order valence-electron chi connectivity index (χ0n) is 13.1. The van der Waals surface area contributed by atoms with E-state index in [0.717, 1.165) is 5.56 Å². The lowest BCUT2D eigenvalue weighted by atomic mass is 9.87. The quantitative estimate of drug-likeness (QED) is 0.488. The fourth-order valence-electron chi connectivity index (χ4n) is 1.99. The highest BCUT2D eigenvalue weighted by Crippen LogP contribution is 2.32. The number of hydrogen-bond acceptors (Lipinski definition) is 4. The standard InChI is InChI=1S/C17H17ClN2O3/c1-17(2,3)12-5-7-16(21)14(9-12)19-10-11-4-6-13(18)15(8-11)20(22)23/h4-10,21H,1-3H3. The Morgan fingerprint density at radius 1 is 1.22 bits per heavy atom. The van der Waals surface area contributed by atoms with Gasteiger partial charge in [-0.1, -0.05) is 44.5 Å². The van der Waals surface area contributed by atoms with Crippen LogP contribution in [0.3, 0.4) is 0 Å². The average molecular weight is 333 g/mol. The van der Waals surface area contributed by atoms with Crippen molar-refractivity contribution in [2.45, 2.75) is 26.2 Å². The summed E-state index contributed by atoms with van der Waals surface area (Å²) in [6, 6.07) is 9.67. The van der Waals surface area contributed by atoms with Crippen molar-refractivity contribution < 1.29 is 10.0 Å². The van der Waals surface area contributed by atoms with Crippen LogP contribution in [0.4, 0.5) is 11.4 Å². The Morgan fingerprint density at radius 2 is 1.91 bits per heavy atom. The molecule has 0 aliphatic heterocycles. The number of phenols is 1. The van der Waals surface area contributed by atoms with Crippen LogP contribution in [0.25, 0.3) is 0 Å². The molecule has 6 heteroatoms. The third-order valence-corrected chi connectivity index (χ3v) is 3.68. The van der Waals surface area contributed by atoms with Crippen LogP contribution in [0, 0.1) is 10.1 Å². The Labute approximate surface area is 139 Å². The van der Waals surface area contributed by atoms with Gasteiger partial charge in [0.1, 0.15) is 16.5 Å². The minimum atomic E-state index is -0.544. The third-order valence-electron chi connectivity index (χ3n) is 3.36. The van der Waals surface area contributed by atoms with Crippen molar-refractivity contribution in [3.63, 3.8) is 0 Å². The number of aliphatic imine (C=N–C) groups is 1. The van der Waals surface area contributed by atoms with Crippen molar-refractivity contribution in [1.29, 1.82) is 0 Å². The SMILES string of the molecule is CC(C)(C)c1ccc(O)c(N=Cc2ccc(Cl)c([N+](=O)[O-])c2)c1. The van der Waals surface area contributed by atoms with E-state index in [2.05, 4.69) is 25.8 Å². The van der Waals surface area contributed by atoms with E-state index in [1.165, 1.54) is 18.3 Å². The first kappa shape index (κ1) is 17.0. The van der Waals surface area contributed by atoms with Gasteiger partial charge in [0.05, 0.1) is 4.92 Å². The predicted octanol–water partition coefficient (Wildman–Crippen LogP) is 5.00. The minimum Gasteiger partial charge on any atom is -0.506 e. The van der Waals surface area contributed by atoms with Gasteiger partial charge in [-0.05, 0) is 34.7 Å². The largest absolute Gasteiger partial charge is 0.506 e. The van der Waals surface area contributed by atoms with E-state index in [1.807, 2.05) is 6.07 Å². The van der Waals surface area contributed by atoms with Gasteiger partial charge in [0, 0.05) is 12.3 Å². The summed E-state index contributed by atoms with van der Waals surface area (Å²) < 4.78 is 0. The first-order valence-electron chi connectivity index (χ1n) is 7.00. The number of halogens is 1. The molecular weight excluding hydrogens is 316 g/mol. The Balaban J connectivity index is 2.37. The number of phenolic OH excluding ortho intramolecular Hbond substituents is 1. The van der Waals surface area contributed by atoms with Crippen LogP contribution in [0.15, 0.2) is 41.4 Å². The van der Waals surface area contributed by atoms with Crippen molar-refractivity contribution in [2.24, 2.45) is 4.99 Å². The summed E-state index contributed by atoms with van der Waals surface area (Å²) in [5.41, 5.74) is 1.72. The van der Waals surface area contributed by atoms with Gasteiger partial charge in [-0.3, -0.25) is 15.1 Å². The van der Waals surface area contributed by atoms with E-state index in [0.29, 0.717) is 11.3 Å². The molecule has 0 atom stereocenters. The molecule has 120 valence electrons. The van der Waals surface area contributed by atoms with Gasteiger partial charge in [0.15, 0.2) is 0 Å². The van der Waals surface area contributed by atoms with E-state index in [9.17, 15) is 15.2 Å². The summed E-state index contributed by atoms with van der Waals surface area (Å²) in [6.07, 6.45) is 1.46. The molecule has 0 saturated carbocycles. The van der Waals surface area contributed by atoms with Crippen molar-refractivity contribution in [3.05, 3.63) is 62.7 Å². The number of nitro benzene ring substituents is 1. The zero-order chi connectivity index (χ0) is 17.2. The second kappa shape index (κ2) is 6.38. The highest BCUT2D eigenvalue weighted by molar-refractivity contribution is 6.32. The Hall–Kier alpha value is -2.40. The third kappa shape index (κ3) is 4.07. The zero-order valence-corrected chi connectivity index (χ0v) is 13.8. The number of nitro groups is 1. The number of benzene rings is 2. The topological polar surface area (TPSA) is 75.7 Å². The minimum absolute atomic E-state index is 0.0534. The van der Waals surface area contributed by atoms with E-state index < -0.39 is 4.92 Å². The van der Waals surface area contributed by atoms with Crippen LogP contribution in [0.5, 0.6) is 5.75 Å². The molecule has 0 heterocycles. The second-order valence-electron chi connectivity index (χ2n) is 6.18. The molecule has 23 heavy (non-hydrogen) atoms. The highest BCUT2D eigenvalue weighted by Gasteiger charge is 2.15. The van der Waals surface area contributed by atoms with E-state index >= 15 is 0 Å². The first-order chi connectivity index (χ1) is 10.7. The molecular formula is C17H17ClN2O3.